The predicted molar refractivity (Wildman–Crippen MR) is 105 cm³/mol. The Balaban J connectivity index is 2.13. The summed E-state index contributed by atoms with van der Waals surface area (Å²) in [5.41, 5.74) is 2.84. The standard InChI is InChI=1S/C21H22FN5O2/c1-11(2)17-16(20(28)29)15(12-5-7-13(22)8-6-12)14-9-10-21(3,4)27-19(18(14)23-17)24-25-26-27/h5-8,11H,9-10H2,1-4H3,(H,28,29). The third-order valence-corrected chi connectivity index (χ3v) is 5.46. The van der Waals surface area contributed by atoms with Crippen molar-refractivity contribution in [3.8, 4) is 22.6 Å². The third-order valence-electron chi connectivity index (χ3n) is 5.46. The number of rotatable bonds is 3. The maximum Gasteiger partial charge on any atom is 0.338 e. The first-order valence-corrected chi connectivity index (χ1v) is 9.56. The fourth-order valence-electron chi connectivity index (χ4n) is 3.92. The highest BCUT2D eigenvalue weighted by Gasteiger charge is 2.35. The first kappa shape index (κ1) is 19.2. The van der Waals surface area contributed by atoms with Gasteiger partial charge in [-0.05, 0) is 66.3 Å². The molecule has 4 rings (SSSR count). The topological polar surface area (TPSA) is 93.8 Å². The second-order valence-corrected chi connectivity index (χ2v) is 8.27. The van der Waals surface area contributed by atoms with Crippen molar-refractivity contribution in [2.45, 2.75) is 52.0 Å². The molecule has 7 nitrogen and oxygen atoms in total. The molecule has 0 bridgehead atoms. The Morgan fingerprint density at radius 1 is 1.24 bits per heavy atom. The lowest BCUT2D eigenvalue weighted by Crippen LogP contribution is -2.27. The van der Waals surface area contributed by atoms with Crippen LogP contribution in [0, 0.1) is 5.82 Å². The molecule has 0 aliphatic carbocycles. The molecule has 0 unspecified atom stereocenters. The Labute approximate surface area is 167 Å². The zero-order valence-electron chi connectivity index (χ0n) is 16.8. The molecule has 0 spiro atoms. The number of carbonyl (C=O) groups is 1. The van der Waals surface area contributed by atoms with Gasteiger partial charge in [0.1, 0.15) is 11.5 Å². The van der Waals surface area contributed by atoms with Crippen LogP contribution in [0.25, 0.3) is 22.6 Å². The van der Waals surface area contributed by atoms with E-state index in [1.165, 1.54) is 12.1 Å². The van der Waals surface area contributed by atoms with Crippen LogP contribution in [-0.2, 0) is 12.0 Å². The van der Waals surface area contributed by atoms with Gasteiger partial charge in [0.05, 0.1) is 16.8 Å². The normalized spacial score (nSPS) is 15.0. The number of benzene rings is 1. The summed E-state index contributed by atoms with van der Waals surface area (Å²) in [5, 5.41) is 22.3. The van der Waals surface area contributed by atoms with Crippen LogP contribution in [0.2, 0.25) is 0 Å². The van der Waals surface area contributed by atoms with Gasteiger partial charge in [-0.3, -0.25) is 0 Å². The van der Waals surface area contributed by atoms with Crippen LogP contribution in [0.1, 0.15) is 61.6 Å². The Bertz CT molecular complexity index is 1100. The van der Waals surface area contributed by atoms with Crippen molar-refractivity contribution in [2.75, 3.05) is 0 Å². The monoisotopic (exact) mass is 395 g/mol. The van der Waals surface area contributed by atoms with Crippen molar-refractivity contribution < 1.29 is 14.3 Å². The number of carboxylic acid groups (broad SMARTS) is 1. The molecule has 150 valence electrons. The second-order valence-electron chi connectivity index (χ2n) is 8.27. The molecule has 2 aromatic heterocycles. The molecule has 0 atom stereocenters. The van der Waals surface area contributed by atoms with E-state index in [0.717, 1.165) is 5.56 Å². The van der Waals surface area contributed by atoms with Gasteiger partial charge < -0.3 is 5.11 Å². The summed E-state index contributed by atoms with van der Waals surface area (Å²) in [6.45, 7) is 7.88. The zero-order valence-corrected chi connectivity index (χ0v) is 16.8. The van der Waals surface area contributed by atoms with Gasteiger partial charge in [0, 0.05) is 5.56 Å². The number of hydrogen-bond donors (Lipinski definition) is 1. The van der Waals surface area contributed by atoms with Crippen molar-refractivity contribution in [2.24, 2.45) is 0 Å². The Hall–Kier alpha value is -3.16. The highest BCUT2D eigenvalue weighted by molar-refractivity contribution is 5.99. The van der Waals surface area contributed by atoms with E-state index >= 15 is 0 Å². The fraction of sp³-hybridized carbons (Fsp3) is 0.381. The molecular formula is C21H22FN5O2. The van der Waals surface area contributed by atoms with E-state index < -0.39 is 5.97 Å². The van der Waals surface area contributed by atoms with Crippen LogP contribution in [0.15, 0.2) is 24.3 Å². The van der Waals surface area contributed by atoms with Gasteiger partial charge in [0.15, 0.2) is 0 Å². The highest BCUT2D eigenvalue weighted by atomic mass is 19.1. The lowest BCUT2D eigenvalue weighted by atomic mass is 9.86. The first-order valence-electron chi connectivity index (χ1n) is 9.56. The smallest absolute Gasteiger partial charge is 0.338 e. The summed E-state index contributed by atoms with van der Waals surface area (Å²) in [4.78, 5) is 17.1. The van der Waals surface area contributed by atoms with Crippen molar-refractivity contribution in [3.05, 3.63) is 46.9 Å². The number of aromatic nitrogens is 5. The summed E-state index contributed by atoms with van der Waals surface area (Å²) in [5.74, 6) is -1.04. The highest BCUT2D eigenvalue weighted by Crippen LogP contribution is 2.41. The summed E-state index contributed by atoms with van der Waals surface area (Å²) < 4.78 is 15.3. The van der Waals surface area contributed by atoms with Crippen LogP contribution in [-0.4, -0.2) is 36.3 Å². The Kier molecular flexibility index (Phi) is 4.44. The molecule has 1 aliphatic rings. The molecule has 3 heterocycles. The van der Waals surface area contributed by atoms with E-state index in [4.69, 9.17) is 4.98 Å². The SMILES string of the molecule is CC(C)c1nc2c(c(-c3ccc(F)cc3)c1C(=O)O)CCC(C)(C)n1nnnc1-2. The van der Waals surface area contributed by atoms with Crippen LogP contribution in [0.3, 0.4) is 0 Å². The number of tetrazole rings is 1. The molecule has 1 aliphatic heterocycles. The number of pyridine rings is 1. The lowest BCUT2D eigenvalue weighted by Gasteiger charge is -2.23. The van der Waals surface area contributed by atoms with Crippen molar-refractivity contribution >= 4 is 5.97 Å². The zero-order chi connectivity index (χ0) is 20.9. The minimum absolute atomic E-state index is 0.133. The molecule has 0 amide bonds. The number of halogens is 1. The lowest BCUT2D eigenvalue weighted by molar-refractivity contribution is 0.0695. The summed E-state index contributed by atoms with van der Waals surface area (Å²) in [6.07, 6.45) is 1.29. The number of nitrogens with zero attached hydrogens (tertiary/aromatic N) is 5. The van der Waals surface area contributed by atoms with Gasteiger partial charge in [-0.1, -0.05) is 26.0 Å². The summed E-state index contributed by atoms with van der Waals surface area (Å²) in [6, 6.07) is 5.90. The molecule has 0 saturated heterocycles. The molecule has 3 aromatic rings. The number of carboxylic acids is 1. The van der Waals surface area contributed by atoms with Crippen molar-refractivity contribution in [1.82, 2.24) is 25.2 Å². The Morgan fingerprint density at radius 2 is 1.93 bits per heavy atom. The molecular weight excluding hydrogens is 373 g/mol. The van der Waals surface area contributed by atoms with Crippen molar-refractivity contribution in [3.63, 3.8) is 0 Å². The number of hydrogen-bond acceptors (Lipinski definition) is 5. The van der Waals surface area contributed by atoms with Gasteiger partial charge in [0.2, 0.25) is 5.82 Å². The molecule has 0 saturated carbocycles. The van der Waals surface area contributed by atoms with E-state index in [9.17, 15) is 14.3 Å². The van der Waals surface area contributed by atoms with Gasteiger partial charge in [-0.2, -0.15) is 0 Å². The fourth-order valence-corrected chi connectivity index (χ4v) is 3.92. The first-order chi connectivity index (χ1) is 13.7. The average molecular weight is 395 g/mol. The number of fused-ring (bicyclic) bond motifs is 3. The van der Waals surface area contributed by atoms with Crippen LogP contribution in [0.5, 0.6) is 0 Å². The molecule has 1 N–H and O–H groups in total. The molecule has 29 heavy (non-hydrogen) atoms. The second kappa shape index (κ2) is 6.72. The van der Waals surface area contributed by atoms with Crippen LogP contribution < -0.4 is 0 Å². The van der Waals surface area contributed by atoms with Gasteiger partial charge in [0.25, 0.3) is 0 Å². The average Bonchev–Trinajstić information content (AvgIpc) is 3.13. The molecule has 1 aromatic carbocycles. The maximum absolute atomic E-state index is 13.6. The van der Waals surface area contributed by atoms with E-state index in [1.807, 2.05) is 27.7 Å². The van der Waals surface area contributed by atoms with E-state index in [0.29, 0.717) is 41.2 Å². The van der Waals surface area contributed by atoms with Gasteiger partial charge in [-0.15, -0.1) is 5.10 Å². The quantitative estimate of drug-likeness (QED) is 0.719. The minimum atomic E-state index is -1.05. The van der Waals surface area contributed by atoms with Gasteiger partial charge in [-0.25, -0.2) is 18.9 Å². The molecule has 0 radical (unpaired) electrons. The van der Waals surface area contributed by atoms with Gasteiger partial charge >= 0.3 is 5.97 Å². The Morgan fingerprint density at radius 3 is 2.55 bits per heavy atom. The van der Waals surface area contributed by atoms with E-state index in [1.54, 1.807) is 16.8 Å². The maximum atomic E-state index is 13.6. The summed E-state index contributed by atoms with van der Waals surface area (Å²) in [7, 11) is 0. The minimum Gasteiger partial charge on any atom is -0.478 e. The van der Waals surface area contributed by atoms with Crippen molar-refractivity contribution in [1.29, 1.82) is 0 Å². The third kappa shape index (κ3) is 3.08. The van der Waals surface area contributed by atoms with Crippen LogP contribution in [0.4, 0.5) is 4.39 Å². The van der Waals surface area contributed by atoms with E-state index in [-0.39, 0.29) is 22.8 Å². The predicted octanol–water partition coefficient (Wildman–Crippen LogP) is 4.04. The van der Waals surface area contributed by atoms with E-state index in [2.05, 4.69) is 15.5 Å². The largest absolute Gasteiger partial charge is 0.478 e. The molecule has 0 fully saturated rings. The molecule has 8 heteroatoms. The summed E-state index contributed by atoms with van der Waals surface area (Å²) >= 11 is 0. The number of aromatic carboxylic acids is 1. The van der Waals surface area contributed by atoms with Crippen LogP contribution >= 0.6 is 0 Å².